The van der Waals surface area contributed by atoms with Crippen LogP contribution in [0.2, 0.25) is 0 Å². The van der Waals surface area contributed by atoms with Gasteiger partial charge in [0.25, 0.3) is 0 Å². The van der Waals surface area contributed by atoms with Crippen LogP contribution in [0.15, 0.2) is 47.0 Å². The van der Waals surface area contributed by atoms with E-state index in [4.69, 9.17) is 9.26 Å². The molecule has 3 aromatic rings. The summed E-state index contributed by atoms with van der Waals surface area (Å²) in [5.41, 5.74) is 3.96. The average Bonchev–Trinajstić information content (AvgIpc) is 3.30. The van der Waals surface area contributed by atoms with E-state index in [9.17, 15) is 4.79 Å². The molecule has 1 unspecified atom stereocenters. The van der Waals surface area contributed by atoms with E-state index < -0.39 is 0 Å². The zero-order valence-corrected chi connectivity index (χ0v) is 15.6. The van der Waals surface area contributed by atoms with Crippen molar-refractivity contribution in [1.82, 2.24) is 10.1 Å². The van der Waals surface area contributed by atoms with Crippen LogP contribution in [0.4, 0.5) is 5.69 Å². The van der Waals surface area contributed by atoms with Crippen LogP contribution in [0.25, 0.3) is 11.4 Å². The van der Waals surface area contributed by atoms with E-state index in [1.165, 1.54) is 5.56 Å². The molecule has 138 valence electrons. The Morgan fingerprint density at radius 1 is 1.15 bits per heavy atom. The second-order valence-corrected chi connectivity index (χ2v) is 6.88. The first kappa shape index (κ1) is 17.3. The Hall–Kier alpha value is -3.15. The lowest BCUT2D eigenvalue weighted by atomic mass is 10.1. The van der Waals surface area contributed by atoms with Crippen molar-refractivity contribution >= 4 is 11.6 Å². The molecule has 0 N–H and O–H groups in total. The van der Waals surface area contributed by atoms with Crippen LogP contribution in [0, 0.1) is 13.8 Å². The van der Waals surface area contributed by atoms with Crippen molar-refractivity contribution in [2.75, 3.05) is 18.6 Å². The molecular formula is C21H21N3O3. The minimum atomic E-state index is -0.116. The number of nitrogens with zero attached hydrogens (tertiary/aromatic N) is 3. The smallest absolute Gasteiger partial charge is 0.232 e. The van der Waals surface area contributed by atoms with E-state index in [1.807, 2.05) is 56.3 Å². The molecule has 6 nitrogen and oxygen atoms in total. The summed E-state index contributed by atoms with van der Waals surface area (Å²) in [5, 5.41) is 4.09. The van der Waals surface area contributed by atoms with Crippen molar-refractivity contribution in [2.45, 2.75) is 26.2 Å². The largest absolute Gasteiger partial charge is 0.497 e. The highest BCUT2D eigenvalue weighted by Crippen LogP contribution is 2.35. The van der Waals surface area contributed by atoms with Crippen molar-refractivity contribution in [3.05, 3.63) is 59.5 Å². The number of benzene rings is 2. The quantitative estimate of drug-likeness (QED) is 0.703. The molecule has 2 aromatic carbocycles. The summed E-state index contributed by atoms with van der Waals surface area (Å²) in [6.07, 6.45) is 0.353. The first-order chi connectivity index (χ1) is 13.0. The van der Waals surface area contributed by atoms with Crippen LogP contribution < -0.4 is 9.64 Å². The third kappa shape index (κ3) is 3.30. The first-order valence-corrected chi connectivity index (χ1v) is 8.91. The average molecular weight is 363 g/mol. The standard InChI is InChI=1S/C21H21N3O3/c1-13-4-7-15(8-5-13)20-22-21(27-23-20)16-10-19(25)24(12-16)18-11-17(26-3)9-6-14(18)2/h4-9,11,16H,10,12H2,1-3H3. The highest BCUT2D eigenvalue weighted by Gasteiger charge is 2.35. The Kier molecular flexibility index (Phi) is 4.39. The van der Waals surface area contributed by atoms with Gasteiger partial charge in [-0.05, 0) is 25.5 Å². The van der Waals surface area contributed by atoms with Crippen LogP contribution >= 0.6 is 0 Å². The molecule has 1 aliphatic heterocycles. The predicted molar refractivity (Wildman–Crippen MR) is 102 cm³/mol. The topological polar surface area (TPSA) is 68.5 Å². The maximum atomic E-state index is 12.6. The molecule has 2 heterocycles. The summed E-state index contributed by atoms with van der Waals surface area (Å²) in [5.74, 6) is 1.71. The normalized spacial score (nSPS) is 16.8. The maximum Gasteiger partial charge on any atom is 0.232 e. The van der Waals surface area contributed by atoms with Crippen molar-refractivity contribution in [2.24, 2.45) is 0 Å². The lowest BCUT2D eigenvalue weighted by Crippen LogP contribution is -2.25. The van der Waals surface area contributed by atoms with E-state index in [2.05, 4.69) is 10.1 Å². The second-order valence-electron chi connectivity index (χ2n) is 6.88. The SMILES string of the molecule is COc1ccc(C)c(N2CC(c3nc(-c4ccc(C)cc4)no3)CC2=O)c1. The fourth-order valence-electron chi connectivity index (χ4n) is 3.33. The first-order valence-electron chi connectivity index (χ1n) is 8.91. The van der Waals surface area contributed by atoms with Crippen molar-refractivity contribution in [1.29, 1.82) is 0 Å². The number of hydrogen-bond acceptors (Lipinski definition) is 5. The minimum Gasteiger partial charge on any atom is -0.497 e. The van der Waals surface area contributed by atoms with Gasteiger partial charge >= 0.3 is 0 Å². The van der Waals surface area contributed by atoms with E-state index in [0.29, 0.717) is 24.7 Å². The number of methoxy groups -OCH3 is 1. The van der Waals surface area contributed by atoms with E-state index in [-0.39, 0.29) is 11.8 Å². The monoisotopic (exact) mass is 363 g/mol. The molecule has 4 rings (SSSR count). The van der Waals surface area contributed by atoms with Crippen molar-refractivity contribution in [3.8, 4) is 17.1 Å². The summed E-state index contributed by atoms with van der Waals surface area (Å²) in [6.45, 7) is 4.53. The summed E-state index contributed by atoms with van der Waals surface area (Å²) in [4.78, 5) is 18.9. The van der Waals surface area contributed by atoms with Crippen LogP contribution in [-0.4, -0.2) is 29.7 Å². The molecule has 1 saturated heterocycles. The van der Waals surface area contributed by atoms with Gasteiger partial charge in [0.1, 0.15) is 5.75 Å². The summed E-state index contributed by atoms with van der Waals surface area (Å²) in [7, 11) is 1.62. The molecule has 1 aliphatic rings. The molecule has 1 aromatic heterocycles. The molecule has 0 radical (unpaired) electrons. The maximum absolute atomic E-state index is 12.6. The Labute approximate surface area is 157 Å². The van der Waals surface area contributed by atoms with Gasteiger partial charge in [-0.15, -0.1) is 0 Å². The van der Waals surface area contributed by atoms with Crippen molar-refractivity contribution < 1.29 is 14.1 Å². The van der Waals surface area contributed by atoms with Gasteiger partial charge in [-0.3, -0.25) is 4.79 Å². The number of carbonyl (C=O) groups is 1. The second kappa shape index (κ2) is 6.87. The van der Waals surface area contributed by atoms with Crippen LogP contribution in [0.1, 0.15) is 29.4 Å². The number of rotatable bonds is 4. The molecule has 0 spiro atoms. The molecule has 6 heteroatoms. The molecule has 0 bridgehead atoms. The highest BCUT2D eigenvalue weighted by atomic mass is 16.5. The summed E-state index contributed by atoms with van der Waals surface area (Å²) < 4.78 is 10.8. The van der Waals surface area contributed by atoms with Gasteiger partial charge in [-0.1, -0.05) is 41.1 Å². The van der Waals surface area contributed by atoms with Crippen LogP contribution in [0.3, 0.4) is 0 Å². The fraction of sp³-hybridized carbons (Fsp3) is 0.286. The summed E-state index contributed by atoms with van der Waals surface area (Å²) in [6, 6.07) is 13.7. The van der Waals surface area contributed by atoms with E-state index >= 15 is 0 Å². The molecule has 1 atom stereocenters. The van der Waals surface area contributed by atoms with Gasteiger partial charge in [0, 0.05) is 24.6 Å². The van der Waals surface area contributed by atoms with E-state index in [1.54, 1.807) is 12.0 Å². The Morgan fingerprint density at radius 3 is 2.67 bits per heavy atom. The van der Waals surface area contributed by atoms with Gasteiger partial charge in [0.05, 0.1) is 18.7 Å². The number of anilines is 1. The lowest BCUT2D eigenvalue weighted by molar-refractivity contribution is -0.117. The number of amides is 1. The zero-order chi connectivity index (χ0) is 19.0. The number of aryl methyl sites for hydroxylation is 2. The van der Waals surface area contributed by atoms with Crippen LogP contribution in [-0.2, 0) is 4.79 Å². The summed E-state index contributed by atoms with van der Waals surface area (Å²) >= 11 is 0. The Morgan fingerprint density at radius 2 is 1.93 bits per heavy atom. The molecule has 0 aliphatic carbocycles. The van der Waals surface area contributed by atoms with Crippen LogP contribution in [0.5, 0.6) is 5.75 Å². The number of aromatic nitrogens is 2. The number of hydrogen-bond donors (Lipinski definition) is 0. The Balaban J connectivity index is 1.57. The predicted octanol–water partition coefficient (Wildman–Crippen LogP) is 3.88. The third-order valence-electron chi connectivity index (χ3n) is 4.93. The molecule has 1 amide bonds. The van der Waals surface area contributed by atoms with Gasteiger partial charge in [0.15, 0.2) is 0 Å². The number of ether oxygens (including phenoxy) is 1. The van der Waals surface area contributed by atoms with Gasteiger partial charge in [0.2, 0.25) is 17.6 Å². The molecular weight excluding hydrogens is 342 g/mol. The van der Waals surface area contributed by atoms with Gasteiger partial charge < -0.3 is 14.2 Å². The van der Waals surface area contributed by atoms with E-state index in [0.717, 1.165) is 22.6 Å². The van der Waals surface area contributed by atoms with Crippen molar-refractivity contribution in [3.63, 3.8) is 0 Å². The molecule has 27 heavy (non-hydrogen) atoms. The zero-order valence-electron chi connectivity index (χ0n) is 15.6. The Bertz CT molecular complexity index is 979. The molecule has 0 saturated carbocycles. The fourth-order valence-corrected chi connectivity index (χ4v) is 3.33. The minimum absolute atomic E-state index is 0.0476. The molecule has 1 fully saturated rings. The highest BCUT2D eigenvalue weighted by molar-refractivity contribution is 5.97. The van der Waals surface area contributed by atoms with Gasteiger partial charge in [-0.25, -0.2) is 0 Å². The van der Waals surface area contributed by atoms with Gasteiger partial charge in [-0.2, -0.15) is 4.98 Å². The number of carbonyl (C=O) groups excluding carboxylic acids is 1. The third-order valence-corrected chi connectivity index (χ3v) is 4.93. The lowest BCUT2D eigenvalue weighted by Gasteiger charge is -2.19.